The van der Waals surface area contributed by atoms with E-state index in [1.165, 1.54) is 12.1 Å². The molecule has 1 atom stereocenters. The summed E-state index contributed by atoms with van der Waals surface area (Å²) in [5, 5.41) is 4.45. The van der Waals surface area contributed by atoms with Crippen molar-refractivity contribution in [3.05, 3.63) is 35.7 Å². The quantitative estimate of drug-likeness (QED) is 0.835. The second-order valence-corrected chi connectivity index (χ2v) is 6.39. The number of hydrogen-bond acceptors (Lipinski definition) is 3. The summed E-state index contributed by atoms with van der Waals surface area (Å²) in [5.74, 6) is 1.39. The Labute approximate surface area is 137 Å². The molecule has 0 spiro atoms. The van der Waals surface area contributed by atoms with Gasteiger partial charge in [0.05, 0.1) is 5.56 Å². The third-order valence-electron chi connectivity index (χ3n) is 4.23. The fourth-order valence-electron chi connectivity index (χ4n) is 2.96. The first-order valence-corrected chi connectivity index (χ1v) is 7.91. The molecule has 0 N–H and O–H groups in total. The van der Waals surface area contributed by atoms with Crippen molar-refractivity contribution in [3.8, 4) is 11.4 Å². The minimum Gasteiger partial charge on any atom is -0.300 e. The van der Waals surface area contributed by atoms with E-state index in [1.54, 1.807) is 4.68 Å². The van der Waals surface area contributed by atoms with Crippen LogP contribution >= 0.6 is 0 Å². The molecule has 7 heteroatoms. The van der Waals surface area contributed by atoms with Crippen molar-refractivity contribution in [2.24, 2.45) is 0 Å². The van der Waals surface area contributed by atoms with Crippen LogP contribution in [0.15, 0.2) is 24.3 Å². The van der Waals surface area contributed by atoms with Gasteiger partial charge in [0.2, 0.25) is 0 Å². The third-order valence-corrected chi connectivity index (χ3v) is 4.23. The Balaban J connectivity index is 1.95. The van der Waals surface area contributed by atoms with E-state index < -0.39 is 11.7 Å². The lowest BCUT2D eigenvalue weighted by atomic mass is 10.1. The average Bonchev–Trinajstić information content (AvgIpc) is 3.12. The van der Waals surface area contributed by atoms with E-state index in [2.05, 4.69) is 10.1 Å². The van der Waals surface area contributed by atoms with E-state index >= 15 is 0 Å². The van der Waals surface area contributed by atoms with Gasteiger partial charge in [-0.25, -0.2) is 9.67 Å². The Morgan fingerprint density at radius 1 is 1.21 bits per heavy atom. The van der Waals surface area contributed by atoms with Crippen LogP contribution in [0.25, 0.3) is 11.4 Å². The first-order valence-electron chi connectivity index (χ1n) is 7.91. The van der Waals surface area contributed by atoms with Crippen molar-refractivity contribution in [2.75, 3.05) is 0 Å². The highest BCUT2D eigenvalue weighted by atomic mass is 19.4. The molecular weight excluding hydrogens is 319 g/mol. The summed E-state index contributed by atoms with van der Waals surface area (Å²) in [6, 6.07) is 4.89. The van der Waals surface area contributed by atoms with Crippen molar-refractivity contribution in [3.63, 3.8) is 0 Å². The number of halogens is 3. The molecule has 1 aliphatic rings. The predicted molar refractivity (Wildman–Crippen MR) is 82.4 cm³/mol. The summed E-state index contributed by atoms with van der Waals surface area (Å²) >= 11 is 0. The summed E-state index contributed by atoms with van der Waals surface area (Å²) < 4.78 is 39.8. The molecule has 0 bridgehead atoms. The molecule has 0 saturated heterocycles. The van der Waals surface area contributed by atoms with Gasteiger partial charge in [-0.05, 0) is 32.4 Å². The van der Waals surface area contributed by atoms with Gasteiger partial charge in [0.1, 0.15) is 11.6 Å². The van der Waals surface area contributed by atoms with Crippen LogP contribution < -0.4 is 0 Å². The van der Waals surface area contributed by atoms with E-state index in [4.69, 9.17) is 0 Å². The molecule has 128 valence electrons. The number of ketones is 1. The highest BCUT2D eigenvalue weighted by Crippen LogP contribution is 2.34. The van der Waals surface area contributed by atoms with E-state index in [0.717, 1.165) is 24.4 Å². The molecule has 0 unspecified atom stereocenters. The second kappa shape index (κ2) is 6.03. The van der Waals surface area contributed by atoms with Gasteiger partial charge in [-0.3, -0.25) is 4.79 Å². The fourth-order valence-corrected chi connectivity index (χ4v) is 2.96. The number of hydrogen-bond donors (Lipinski definition) is 0. The van der Waals surface area contributed by atoms with Crippen LogP contribution in [0.1, 0.15) is 56.5 Å². The number of carbonyl (C=O) groups excluding carboxylic acids is 1. The maximum Gasteiger partial charge on any atom is 0.416 e. The van der Waals surface area contributed by atoms with Gasteiger partial charge >= 0.3 is 6.18 Å². The van der Waals surface area contributed by atoms with Gasteiger partial charge < -0.3 is 0 Å². The number of aromatic nitrogens is 3. The van der Waals surface area contributed by atoms with Crippen LogP contribution in [0, 0.1) is 0 Å². The standard InChI is InChI=1S/C17H18F3N3O/c1-10(2)23-16(12-5-8-14(24)9-12)21-15(22-23)11-3-6-13(7-4-11)17(18,19)20/h3-4,6-7,10,12H,5,8-9H2,1-2H3/t12-/m1/s1. The van der Waals surface area contributed by atoms with Crippen molar-refractivity contribution in [1.82, 2.24) is 14.8 Å². The largest absolute Gasteiger partial charge is 0.416 e. The van der Waals surface area contributed by atoms with E-state index in [0.29, 0.717) is 24.2 Å². The lowest BCUT2D eigenvalue weighted by molar-refractivity contribution is -0.137. The number of alkyl halides is 3. The zero-order valence-electron chi connectivity index (χ0n) is 13.5. The van der Waals surface area contributed by atoms with Crippen LogP contribution in [-0.4, -0.2) is 20.5 Å². The van der Waals surface area contributed by atoms with Gasteiger partial charge in [0.25, 0.3) is 0 Å². The Kier molecular flexibility index (Phi) is 4.19. The zero-order valence-corrected chi connectivity index (χ0v) is 13.5. The third kappa shape index (κ3) is 3.20. The number of benzene rings is 1. The molecule has 1 saturated carbocycles. The maximum absolute atomic E-state index is 12.7. The highest BCUT2D eigenvalue weighted by molar-refractivity contribution is 5.81. The minimum atomic E-state index is -4.36. The zero-order chi connectivity index (χ0) is 17.5. The molecule has 1 aromatic carbocycles. The average molecular weight is 337 g/mol. The number of Topliss-reactive ketones (excluding diaryl/α,β-unsaturated/α-hetero) is 1. The lowest BCUT2D eigenvalue weighted by Gasteiger charge is -2.12. The normalized spacial score (nSPS) is 18.6. The SMILES string of the molecule is CC(C)n1nc(-c2ccc(C(F)(F)F)cc2)nc1[C@@H]1CCC(=O)C1. The van der Waals surface area contributed by atoms with Crippen molar-refractivity contribution in [2.45, 2.75) is 51.2 Å². The summed E-state index contributed by atoms with van der Waals surface area (Å²) in [6.07, 6.45) is -2.61. The number of nitrogens with zero attached hydrogens (tertiary/aromatic N) is 3. The molecule has 1 aliphatic carbocycles. The Morgan fingerprint density at radius 2 is 1.88 bits per heavy atom. The first-order chi connectivity index (χ1) is 11.3. The van der Waals surface area contributed by atoms with Crippen LogP contribution in [-0.2, 0) is 11.0 Å². The second-order valence-electron chi connectivity index (χ2n) is 6.39. The van der Waals surface area contributed by atoms with Gasteiger partial charge in [0, 0.05) is 30.4 Å². The maximum atomic E-state index is 12.7. The smallest absolute Gasteiger partial charge is 0.300 e. The van der Waals surface area contributed by atoms with E-state index in [9.17, 15) is 18.0 Å². The van der Waals surface area contributed by atoms with Gasteiger partial charge in [-0.2, -0.15) is 18.3 Å². The van der Waals surface area contributed by atoms with Crippen molar-refractivity contribution in [1.29, 1.82) is 0 Å². The van der Waals surface area contributed by atoms with Gasteiger partial charge in [0.15, 0.2) is 5.82 Å². The molecule has 24 heavy (non-hydrogen) atoms. The van der Waals surface area contributed by atoms with Crippen molar-refractivity contribution >= 4 is 5.78 Å². The summed E-state index contributed by atoms with van der Waals surface area (Å²) in [6.45, 7) is 3.93. The molecule has 1 aromatic heterocycles. The van der Waals surface area contributed by atoms with Crippen LogP contribution in [0.5, 0.6) is 0 Å². The van der Waals surface area contributed by atoms with Gasteiger partial charge in [-0.15, -0.1) is 0 Å². The minimum absolute atomic E-state index is 0.0376. The fraction of sp³-hybridized carbons (Fsp3) is 0.471. The monoisotopic (exact) mass is 337 g/mol. The van der Waals surface area contributed by atoms with Gasteiger partial charge in [-0.1, -0.05) is 12.1 Å². The molecule has 4 nitrogen and oxygen atoms in total. The molecular formula is C17H18F3N3O. The molecule has 3 rings (SSSR count). The Hall–Kier alpha value is -2.18. The molecule has 1 fully saturated rings. The molecule has 0 radical (unpaired) electrons. The number of carbonyl (C=O) groups is 1. The Bertz CT molecular complexity index is 747. The molecule has 0 aliphatic heterocycles. The summed E-state index contributed by atoms with van der Waals surface area (Å²) in [5.41, 5.74) is -0.163. The van der Waals surface area contributed by atoms with Crippen LogP contribution in [0.2, 0.25) is 0 Å². The number of rotatable bonds is 3. The Morgan fingerprint density at radius 3 is 2.38 bits per heavy atom. The topological polar surface area (TPSA) is 47.8 Å². The van der Waals surface area contributed by atoms with E-state index in [1.807, 2.05) is 13.8 Å². The highest BCUT2D eigenvalue weighted by Gasteiger charge is 2.31. The summed E-state index contributed by atoms with van der Waals surface area (Å²) in [4.78, 5) is 16.1. The van der Waals surface area contributed by atoms with Crippen LogP contribution in [0.3, 0.4) is 0 Å². The molecule has 0 amide bonds. The first kappa shape index (κ1) is 16.7. The van der Waals surface area contributed by atoms with Crippen molar-refractivity contribution < 1.29 is 18.0 Å². The van der Waals surface area contributed by atoms with E-state index in [-0.39, 0.29) is 17.7 Å². The lowest BCUT2D eigenvalue weighted by Crippen LogP contribution is -2.11. The molecule has 2 aromatic rings. The molecule has 1 heterocycles. The summed E-state index contributed by atoms with van der Waals surface area (Å²) in [7, 11) is 0. The van der Waals surface area contributed by atoms with Crippen LogP contribution in [0.4, 0.5) is 13.2 Å². The predicted octanol–water partition coefficient (Wildman–Crippen LogP) is 4.38.